The van der Waals surface area contributed by atoms with Crippen molar-refractivity contribution in [2.75, 3.05) is 13.2 Å². The van der Waals surface area contributed by atoms with Gasteiger partial charge in [-0.25, -0.2) is 0 Å². The molecule has 0 aliphatic carbocycles. The van der Waals surface area contributed by atoms with Crippen LogP contribution in [0.3, 0.4) is 0 Å². The number of nitrogens with one attached hydrogen (secondary N) is 1. The van der Waals surface area contributed by atoms with Gasteiger partial charge in [-0.05, 0) is 31.4 Å². The summed E-state index contributed by atoms with van der Waals surface area (Å²) >= 11 is 0. The van der Waals surface area contributed by atoms with Crippen molar-refractivity contribution in [3.63, 3.8) is 0 Å². The number of unbranched alkanes of at least 4 members (excludes halogenated alkanes) is 1. The molecule has 0 fully saturated rings. The first-order valence-corrected chi connectivity index (χ1v) is 7.72. The van der Waals surface area contributed by atoms with E-state index in [2.05, 4.69) is 5.32 Å². The number of ether oxygens (including phenoxy) is 1. The second kappa shape index (κ2) is 10.9. The van der Waals surface area contributed by atoms with Crippen LogP contribution in [0.15, 0.2) is 18.2 Å². The van der Waals surface area contributed by atoms with Crippen LogP contribution in [0, 0.1) is 0 Å². The Balaban J connectivity index is 2.22. The first kappa shape index (κ1) is 19.3. The molecule has 130 valence electrons. The predicted octanol–water partition coefficient (Wildman–Crippen LogP) is 1.84. The third-order valence-electron chi connectivity index (χ3n) is 3.25. The van der Waals surface area contributed by atoms with Crippen LogP contribution in [0.2, 0.25) is 0 Å². The van der Waals surface area contributed by atoms with E-state index in [0.717, 1.165) is 0 Å². The second-order valence-corrected chi connectivity index (χ2v) is 5.19. The van der Waals surface area contributed by atoms with Gasteiger partial charge in [-0.1, -0.05) is 6.07 Å². The van der Waals surface area contributed by atoms with E-state index >= 15 is 0 Å². The maximum absolute atomic E-state index is 11.5. The summed E-state index contributed by atoms with van der Waals surface area (Å²) in [5.74, 6) is -0.646. The van der Waals surface area contributed by atoms with Gasteiger partial charge in [0.25, 0.3) is 0 Å². The number of hydrogen-bond acceptors (Lipinski definition) is 5. The van der Waals surface area contributed by atoms with E-state index in [4.69, 9.17) is 9.84 Å². The van der Waals surface area contributed by atoms with Gasteiger partial charge in [0.05, 0.1) is 12.2 Å². The number of rotatable bonds is 12. The molecule has 0 bridgehead atoms. The number of benzene rings is 1. The minimum absolute atomic E-state index is 0.0695. The Morgan fingerprint density at radius 1 is 1.08 bits per heavy atom. The van der Waals surface area contributed by atoms with Crippen molar-refractivity contribution in [3.05, 3.63) is 29.3 Å². The summed E-state index contributed by atoms with van der Waals surface area (Å²) in [4.78, 5) is 43.5. The topological polar surface area (TPSA) is 110 Å². The van der Waals surface area contributed by atoms with Gasteiger partial charge in [-0.2, -0.15) is 0 Å². The summed E-state index contributed by atoms with van der Waals surface area (Å²) in [5.41, 5.74) is 0.785. The molecule has 0 aliphatic heterocycles. The van der Waals surface area contributed by atoms with E-state index in [0.29, 0.717) is 68.3 Å². The fraction of sp³-hybridized carbons (Fsp3) is 0.412. The molecule has 0 heterocycles. The van der Waals surface area contributed by atoms with Crippen molar-refractivity contribution in [2.24, 2.45) is 0 Å². The maximum atomic E-state index is 11.5. The average molecular weight is 335 g/mol. The third kappa shape index (κ3) is 7.53. The van der Waals surface area contributed by atoms with Crippen molar-refractivity contribution in [2.45, 2.75) is 32.1 Å². The number of aliphatic carboxylic acids is 1. The number of carbonyl (C=O) groups is 4. The molecule has 1 rings (SSSR count). The van der Waals surface area contributed by atoms with Gasteiger partial charge in [0, 0.05) is 24.9 Å². The molecule has 0 aromatic heterocycles. The molecule has 0 saturated heterocycles. The van der Waals surface area contributed by atoms with Crippen LogP contribution in [-0.2, 0) is 9.59 Å². The van der Waals surface area contributed by atoms with Crippen LogP contribution in [0.25, 0.3) is 0 Å². The molecular formula is C17H21NO6. The van der Waals surface area contributed by atoms with Gasteiger partial charge in [-0.15, -0.1) is 0 Å². The smallest absolute Gasteiger partial charge is 0.303 e. The van der Waals surface area contributed by atoms with Gasteiger partial charge in [0.2, 0.25) is 5.91 Å². The largest absolute Gasteiger partial charge is 0.493 e. The first-order valence-electron chi connectivity index (χ1n) is 7.72. The lowest BCUT2D eigenvalue weighted by molar-refractivity contribution is -0.137. The fourth-order valence-corrected chi connectivity index (χ4v) is 1.98. The first-order chi connectivity index (χ1) is 11.6. The number of hydrogen-bond donors (Lipinski definition) is 2. The standard InChI is InChI=1S/C17H21NO6/c19-11-13-6-7-14(12-20)15(10-13)24-9-3-8-18-16(21)4-1-2-5-17(22)23/h6-7,10-12H,1-5,8-9H2,(H,18,21)(H,22,23). The zero-order chi connectivity index (χ0) is 17.8. The molecule has 0 unspecified atom stereocenters. The normalized spacial score (nSPS) is 10.0. The molecule has 1 aromatic carbocycles. The minimum atomic E-state index is -0.860. The molecule has 0 atom stereocenters. The molecular weight excluding hydrogens is 314 g/mol. The van der Waals surface area contributed by atoms with Crippen molar-refractivity contribution in [1.29, 1.82) is 0 Å². The molecule has 7 nitrogen and oxygen atoms in total. The quantitative estimate of drug-likeness (QED) is 0.445. The molecule has 0 radical (unpaired) electrons. The lowest BCUT2D eigenvalue weighted by atomic mass is 10.1. The van der Waals surface area contributed by atoms with Crippen LogP contribution in [0.5, 0.6) is 5.75 Å². The summed E-state index contributed by atoms with van der Waals surface area (Å²) in [6, 6.07) is 4.55. The van der Waals surface area contributed by atoms with E-state index in [-0.39, 0.29) is 12.3 Å². The predicted molar refractivity (Wildman–Crippen MR) is 86.4 cm³/mol. The molecule has 2 N–H and O–H groups in total. The summed E-state index contributed by atoms with van der Waals surface area (Å²) in [7, 11) is 0. The third-order valence-corrected chi connectivity index (χ3v) is 3.25. The van der Waals surface area contributed by atoms with E-state index in [1.54, 1.807) is 0 Å². The van der Waals surface area contributed by atoms with Gasteiger partial charge in [0.1, 0.15) is 12.0 Å². The lowest BCUT2D eigenvalue weighted by Crippen LogP contribution is -2.25. The fourth-order valence-electron chi connectivity index (χ4n) is 1.98. The molecule has 0 aliphatic rings. The number of aldehydes is 2. The highest BCUT2D eigenvalue weighted by molar-refractivity contribution is 5.83. The second-order valence-electron chi connectivity index (χ2n) is 5.19. The van der Waals surface area contributed by atoms with Crippen LogP contribution < -0.4 is 10.1 Å². The zero-order valence-electron chi connectivity index (χ0n) is 13.3. The van der Waals surface area contributed by atoms with Crippen molar-refractivity contribution in [3.8, 4) is 5.75 Å². The van der Waals surface area contributed by atoms with Crippen molar-refractivity contribution < 1.29 is 29.0 Å². The summed E-state index contributed by atoms with van der Waals surface area (Å²) in [6.45, 7) is 0.712. The van der Waals surface area contributed by atoms with Crippen LogP contribution in [0.1, 0.15) is 52.8 Å². The Morgan fingerprint density at radius 2 is 1.83 bits per heavy atom. The zero-order valence-corrected chi connectivity index (χ0v) is 13.3. The Kier molecular flexibility index (Phi) is 8.81. The molecule has 7 heteroatoms. The highest BCUT2D eigenvalue weighted by atomic mass is 16.5. The van der Waals surface area contributed by atoms with Crippen LogP contribution >= 0.6 is 0 Å². The van der Waals surface area contributed by atoms with E-state index in [1.165, 1.54) is 18.2 Å². The molecule has 1 aromatic rings. The molecule has 1 amide bonds. The van der Waals surface area contributed by atoms with E-state index < -0.39 is 5.97 Å². The van der Waals surface area contributed by atoms with Crippen molar-refractivity contribution >= 4 is 24.4 Å². The number of carbonyl (C=O) groups excluding carboxylic acids is 3. The van der Waals surface area contributed by atoms with Crippen LogP contribution in [0.4, 0.5) is 0 Å². The number of amides is 1. The highest BCUT2D eigenvalue weighted by Gasteiger charge is 2.05. The van der Waals surface area contributed by atoms with E-state index in [9.17, 15) is 19.2 Å². The van der Waals surface area contributed by atoms with Gasteiger partial charge in [-0.3, -0.25) is 19.2 Å². The Bertz CT molecular complexity index is 584. The summed E-state index contributed by atoms with van der Waals surface area (Å²) in [5, 5.41) is 11.2. The van der Waals surface area contributed by atoms with Crippen molar-refractivity contribution in [1.82, 2.24) is 5.32 Å². The number of carboxylic acids is 1. The van der Waals surface area contributed by atoms with E-state index in [1.807, 2.05) is 0 Å². The summed E-state index contributed by atoms with van der Waals surface area (Å²) in [6.07, 6.45) is 3.26. The van der Waals surface area contributed by atoms with Gasteiger partial charge < -0.3 is 15.2 Å². The number of carboxylic acid groups (broad SMARTS) is 1. The molecule has 0 spiro atoms. The summed E-state index contributed by atoms with van der Waals surface area (Å²) < 4.78 is 5.47. The lowest BCUT2D eigenvalue weighted by Gasteiger charge is -2.09. The average Bonchev–Trinajstić information content (AvgIpc) is 2.58. The molecule has 0 saturated carbocycles. The van der Waals surface area contributed by atoms with Crippen LogP contribution in [-0.4, -0.2) is 42.7 Å². The molecule has 24 heavy (non-hydrogen) atoms. The minimum Gasteiger partial charge on any atom is -0.493 e. The highest BCUT2D eigenvalue weighted by Crippen LogP contribution is 2.18. The Morgan fingerprint density at radius 3 is 2.50 bits per heavy atom. The maximum Gasteiger partial charge on any atom is 0.303 e. The Labute approximate surface area is 140 Å². The van der Waals surface area contributed by atoms with Gasteiger partial charge in [0.15, 0.2) is 6.29 Å². The SMILES string of the molecule is O=Cc1ccc(C=O)c(OCCCNC(=O)CCCCC(=O)O)c1. The monoisotopic (exact) mass is 335 g/mol. The van der Waals surface area contributed by atoms with Gasteiger partial charge >= 0.3 is 5.97 Å². The Hall–Kier alpha value is -2.70.